The Balaban J connectivity index is 1.88. The summed E-state index contributed by atoms with van der Waals surface area (Å²) >= 11 is 1.55. The Labute approximate surface area is 117 Å². The molecule has 1 aliphatic rings. The molecule has 1 fully saturated rings. The molecule has 0 aliphatic carbocycles. The molecule has 1 atom stereocenters. The largest absolute Gasteiger partial charge is 0.469 e. The molecule has 1 unspecified atom stereocenters. The van der Waals surface area contributed by atoms with Gasteiger partial charge in [-0.25, -0.2) is 4.98 Å². The van der Waals surface area contributed by atoms with Crippen molar-refractivity contribution in [3.8, 4) is 0 Å². The molecule has 0 aromatic carbocycles. The lowest BCUT2D eigenvalue weighted by molar-refractivity contribution is -0.139. The molecule has 0 spiro atoms. The highest BCUT2D eigenvalue weighted by Gasteiger charge is 2.18. The standard InChI is InChI=1S/C13H20N2O3S/c1-15(8-11-5-3-4-6-18-11)13-14-10(9-19-13)7-12(16)17-2/h9,11H,3-8H2,1-2H3. The molecule has 0 radical (unpaired) electrons. The van der Waals surface area contributed by atoms with Crippen molar-refractivity contribution in [1.29, 1.82) is 0 Å². The fourth-order valence-electron chi connectivity index (χ4n) is 2.11. The van der Waals surface area contributed by atoms with E-state index in [1.54, 1.807) is 11.3 Å². The van der Waals surface area contributed by atoms with Crippen LogP contribution in [0.3, 0.4) is 0 Å². The minimum absolute atomic E-state index is 0.237. The van der Waals surface area contributed by atoms with Gasteiger partial charge in [0.1, 0.15) is 0 Å². The van der Waals surface area contributed by atoms with E-state index >= 15 is 0 Å². The number of thiazole rings is 1. The molecule has 2 rings (SSSR count). The van der Waals surface area contributed by atoms with Crippen molar-refractivity contribution < 1.29 is 14.3 Å². The van der Waals surface area contributed by atoms with Crippen molar-refractivity contribution in [2.75, 3.05) is 32.2 Å². The molecule has 6 heteroatoms. The summed E-state index contributed by atoms with van der Waals surface area (Å²) < 4.78 is 10.4. The molecule has 106 valence electrons. The van der Waals surface area contributed by atoms with E-state index < -0.39 is 0 Å². The van der Waals surface area contributed by atoms with Gasteiger partial charge in [-0.05, 0) is 19.3 Å². The van der Waals surface area contributed by atoms with Gasteiger partial charge in [0.25, 0.3) is 0 Å². The van der Waals surface area contributed by atoms with Crippen LogP contribution in [-0.2, 0) is 20.7 Å². The molecule has 1 aliphatic heterocycles. The Morgan fingerprint density at radius 2 is 2.47 bits per heavy atom. The monoisotopic (exact) mass is 284 g/mol. The van der Waals surface area contributed by atoms with Crippen LogP contribution in [0.5, 0.6) is 0 Å². The van der Waals surface area contributed by atoms with Gasteiger partial charge in [0, 0.05) is 25.6 Å². The number of aromatic nitrogens is 1. The molecule has 0 N–H and O–H groups in total. The number of hydrogen-bond donors (Lipinski definition) is 0. The molecule has 1 saturated heterocycles. The first-order chi connectivity index (χ1) is 9.19. The van der Waals surface area contributed by atoms with Gasteiger partial charge < -0.3 is 14.4 Å². The Morgan fingerprint density at radius 1 is 1.63 bits per heavy atom. The van der Waals surface area contributed by atoms with Crippen molar-refractivity contribution >= 4 is 22.4 Å². The zero-order chi connectivity index (χ0) is 13.7. The average molecular weight is 284 g/mol. The van der Waals surface area contributed by atoms with E-state index in [0.29, 0.717) is 6.10 Å². The lowest BCUT2D eigenvalue weighted by Gasteiger charge is -2.27. The summed E-state index contributed by atoms with van der Waals surface area (Å²) in [5, 5.41) is 2.83. The van der Waals surface area contributed by atoms with E-state index in [4.69, 9.17) is 4.74 Å². The van der Waals surface area contributed by atoms with Gasteiger partial charge in [-0.3, -0.25) is 4.79 Å². The third-order valence-electron chi connectivity index (χ3n) is 3.17. The van der Waals surface area contributed by atoms with Crippen molar-refractivity contribution in [2.45, 2.75) is 31.8 Å². The third kappa shape index (κ3) is 4.18. The first-order valence-corrected chi connectivity index (χ1v) is 7.41. The normalized spacial score (nSPS) is 19.2. The van der Waals surface area contributed by atoms with Gasteiger partial charge in [-0.2, -0.15) is 0 Å². The van der Waals surface area contributed by atoms with Crippen molar-refractivity contribution in [2.24, 2.45) is 0 Å². The Morgan fingerprint density at radius 3 is 3.16 bits per heavy atom. The minimum atomic E-state index is -0.255. The number of methoxy groups -OCH3 is 1. The average Bonchev–Trinajstić information content (AvgIpc) is 2.88. The van der Waals surface area contributed by atoms with Crippen LogP contribution in [0.1, 0.15) is 25.0 Å². The highest BCUT2D eigenvalue weighted by atomic mass is 32.1. The summed E-state index contributed by atoms with van der Waals surface area (Å²) in [5.74, 6) is -0.255. The second kappa shape index (κ2) is 6.86. The molecule has 19 heavy (non-hydrogen) atoms. The fourth-order valence-corrected chi connectivity index (χ4v) is 2.91. The molecular formula is C13H20N2O3S. The van der Waals surface area contributed by atoms with Crippen LogP contribution in [0.25, 0.3) is 0 Å². The number of anilines is 1. The lowest BCUT2D eigenvalue weighted by atomic mass is 10.1. The summed E-state index contributed by atoms with van der Waals surface area (Å²) in [7, 11) is 3.40. The summed E-state index contributed by atoms with van der Waals surface area (Å²) in [6, 6.07) is 0. The van der Waals surface area contributed by atoms with Crippen LogP contribution in [0.2, 0.25) is 0 Å². The molecule has 5 nitrogen and oxygen atoms in total. The molecule has 2 heterocycles. The van der Waals surface area contributed by atoms with Crippen LogP contribution in [-0.4, -0.2) is 44.4 Å². The first-order valence-electron chi connectivity index (χ1n) is 6.53. The fraction of sp³-hybridized carbons (Fsp3) is 0.692. The summed E-state index contributed by atoms with van der Waals surface area (Å²) in [4.78, 5) is 17.7. The maximum atomic E-state index is 11.2. The van der Waals surface area contributed by atoms with E-state index in [9.17, 15) is 4.79 Å². The van der Waals surface area contributed by atoms with Gasteiger partial charge in [0.2, 0.25) is 0 Å². The van der Waals surface area contributed by atoms with Gasteiger partial charge >= 0.3 is 5.97 Å². The highest BCUT2D eigenvalue weighted by Crippen LogP contribution is 2.22. The quantitative estimate of drug-likeness (QED) is 0.773. The van der Waals surface area contributed by atoms with Crippen LogP contribution < -0.4 is 4.90 Å². The van der Waals surface area contributed by atoms with Gasteiger partial charge in [-0.15, -0.1) is 11.3 Å². The summed E-state index contributed by atoms with van der Waals surface area (Å²) in [6.07, 6.45) is 4.06. The maximum Gasteiger partial charge on any atom is 0.311 e. The molecule has 0 saturated carbocycles. The molecule has 1 aromatic heterocycles. The van der Waals surface area contributed by atoms with Crippen LogP contribution in [0.15, 0.2) is 5.38 Å². The van der Waals surface area contributed by atoms with E-state index in [0.717, 1.165) is 30.4 Å². The molecule has 1 aromatic rings. The minimum Gasteiger partial charge on any atom is -0.469 e. The van der Waals surface area contributed by atoms with E-state index in [2.05, 4.69) is 14.6 Å². The number of ether oxygens (including phenoxy) is 2. The van der Waals surface area contributed by atoms with Crippen molar-refractivity contribution in [3.63, 3.8) is 0 Å². The van der Waals surface area contributed by atoms with Crippen LogP contribution in [0.4, 0.5) is 5.13 Å². The second-order valence-electron chi connectivity index (χ2n) is 4.74. The van der Waals surface area contributed by atoms with Crippen LogP contribution in [0, 0.1) is 0 Å². The van der Waals surface area contributed by atoms with Gasteiger partial charge in [-0.1, -0.05) is 0 Å². The molecular weight excluding hydrogens is 264 g/mol. The van der Waals surface area contributed by atoms with Gasteiger partial charge in [0.15, 0.2) is 5.13 Å². The smallest absolute Gasteiger partial charge is 0.311 e. The Kier molecular flexibility index (Phi) is 5.15. The Bertz CT molecular complexity index is 416. The summed E-state index contributed by atoms with van der Waals surface area (Å²) in [5.41, 5.74) is 0.767. The van der Waals surface area contributed by atoms with Crippen molar-refractivity contribution in [3.05, 3.63) is 11.1 Å². The number of nitrogens with zero attached hydrogens (tertiary/aromatic N) is 2. The number of hydrogen-bond acceptors (Lipinski definition) is 6. The predicted molar refractivity (Wildman–Crippen MR) is 74.7 cm³/mol. The van der Waals surface area contributed by atoms with Crippen LogP contribution >= 0.6 is 11.3 Å². The maximum absolute atomic E-state index is 11.2. The number of carbonyl (C=O) groups is 1. The topological polar surface area (TPSA) is 51.7 Å². The van der Waals surface area contributed by atoms with E-state index in [-0.39, 0.29) is 12.4 Å². The number of likely N-dealkylation sites (N-methyl/N-ethyl adjacent to an activating group) is 1. The predicted octanol–water partition coefficient (Wildman–Crippen LogP) is 1.86. The van der Waals surface area contributed by atoms with E-state index in [1.807, 2.05) is 12.4 Å². The van der Waals surface area contributed by atoms with Crippen molar-refractivity contribution in [1.82, 2.24) is 4.98 Å². The first kappa shape index (κ1) is 14.3. The van der Waals surface area contributed by atoms with E-state index in [1.165, 1.54) is 20.0 Å². The molecule has 0 bridgehead atoms. The third-order valence-corrected chi connectivity index (χ3v) is 4.17. The Hall–Kier alpha value is -1.14. The molecule has 0 amide bonds. The number of carbonyl (C=O) groups excluding carboxylic acids is 1. The zero-order valence-electron chi connectivity index (χ0n) is 11.4. The number of rotatable bonds is 5. The zero-order valence-corrected chi connectivity index (χ0v) is 12.2. The SMILES string of the molecule is COC(=O)Cc1csc(N(C)CC2CCCCO2)n1. The second-order valence-corrected chi connectivity index (χ2v) is 5.58. The highest BCUT2D eigenvalue weighted by molar-refractivity contribution is 7.13. The summed E-state index contributed by atoms with van der Waals surface area (Å²) in [6.45, 7) is 1.72. The van der Waals surface area contributed by atoms with Gasteiger partial charge in [0.05, 0.1) is 25.3 Å². The number of esters is 1. The lowest BCUT2D eigenvalue weighted by Crippen LogP contribution is -2.33.